The molecule has 3 fully saturated rings. The van der Waals surface area contributed by atoms with Crippen molar-refractivity contribution in [3.63, 3.8) is 0 Å². The molecule has 3 heterocycles. The van der Waals surface area contributed by atoms with E-state index in [4.69, 9.17) is 0 Å². The van der Waals surface area contributed by atoms with Gasteiger partial charge in [-0.2, -0.15) is 0 Å². The second kappa shape index (κ2) is 7.32. The summed E-state index contributed by atoms with van der Waals surface area (Å²) in [4.78, 5) is 21.8. The minimum absolute atomic E-state index is 0.0429. The average Bonchev–Trinajstić information content (AvgIpc) is 3.33. The van der Waals surface area contributed by atoms with Crippen molar-refractivity contribution in [3.05, 3.63) is 24.0 Å². The number of likely N-dealkylation sites (tertiary alicyclic amines) is 1. The maximum atomic E-state index is 13.1. The van der Waals surface area contributed by atoms with Crippen molar-refractivity contribution in [2.24, 2.45) is 5.92 Å². The summed E-state index contributed by atoms with van der Waals surface area (Å²) >= 11 is 0. The first kappa shape index (κ1) is 16.8. The van der Waals surface area contributed by atoms with Crippen molar-refractivity contribution in [1.29, 1.82) is 0 Å². The number of hydrogen-bond acceptors (Lipinski definition) is 4. The molecule has 0 bridgehead atoms. The fourth-order valence-electron chi connectivity index (χ4n) is 4.93. The molecule has 0 spiro atoms. The van der Waals surface area contributed by atoms with Crippen molar-refractivity contribution in [1.82, 2.24) is 9.88 Å². The first-order valence-corrected chi connectivity index (χ1v) is 9.94. The van der Waals surface area contributed by atoms with Gasteiger partial charge in [-0.3, -0.25) is 9.78 Å². The Morgan fingerprint density at radius 1 is 1.04 bits per heavy atom. The molecule has 1 aromatic heterocycles. The molecular formula is C20H29N3O2. The summed E-state index contributed by atoms with van der Waals surface area (Å²) in [5.74, 6) is 0.281. The van der Waals surface area contributed by atoms with E-state index < -0.39 is 0 Å². The fraction of sp³-hybridized carbons (Fsp3) is 0.700. The Labute approximate surface area is 150 Å². The van der Waals surface area contributed by atoms with E-state index in [1.165, 1.54) is 19.3 Å². The van der Waals surface area contributed by atoms with Crippen LogP contribution in [-0.4, -0.2) is 52.7 Å². The smallest absolute Gasteiger partial charge is 0.272 e. The Bertz CT molecular complexity index is 615. The number of aromatic nitrogens is 1. The molecular weight excluding hydrogens is 314 g/mol. The maximum absolute atomic E-state index is 13.1. The summed E-state index contributed by atoms with van der Waals surface area (Å²) < 4.78 is 0. The molecule has 3 atom stereocenters. The van der Waals surface area contributed by atoms with Gasteiger partial charge in [0.05, 0.1) is 6.10 Å². The van der Waals surface area contributed by atoms with Crippen LogP contribution in [0.5, 0.6) is 0 Å². The first-order chi connectivity index (χ1) is 12.2. The zero-order chi connectivity index (χ0) is 17.2. The Morgan fingerprint density at radius 2 is 1.84 bits per heavy atom. The van der Waals surface area contributed by atoms with Gasteiger partial charge in [0.2, 0.25) is 0 Å². The van der Waals surface area contributed by atoms with E-state index in [1.54, 1.807) is 6.20 Å². The first-order valence-electron chi connectivity index (χ1n) is 9.94. The van der Waals surface area contributed by atoms with Gasteiger partial charge in [0.1, 0.15) is 5.69 Å². The highest BCUT2D eigenvalue weighted by Gasteiger charge is 2.39. The van der Waals surface area contributed by atoms with Crippen LogP contribution in [0.1, 0.15) is 61.9 Å². The lowest BCUT2D eigenvalue weighted by molar-refractivity contribution is 0.0209. The third kappa shape index (κ3) is 3.39. The van der Waals surface area contributed by atoms with E-state index in [0.717, 1.165) is 57.4 Å². The number of hydrogen-bond donors (Lipinski definition) is 1. The highest BCUT2D eigenvalue weighted by atomic mass is 16.3. The fourth-order valence-corrected chi connectivity index (χ4v) is 4.93. The number of rotatable bonds is 3. The third-order valence-corrected chi connectivity index (χ3v) is 6.27. The van der Waals surface area contributed by atoms with Crippen LogP contribution in [0.4, 0.5) is 5.69 Å². The highest BCUT2D eigenvalue weighted by Crippen LogP contribution is 2.35. The molecule has 4 rings (SSSR count). The van der Waals surface area contributed by atoms with Gasteiger partial charge >= 0.3 is 0 Å². The van der Waals surface area contributed by atoms with E-state index in [9.17, 15) is 9.90 Å². The summed E-state index contributed by atoms with van der Waals surface area (Å²) in [6.45, 7) is 2.93. The number of carbonyl (C=O) groups excluding carboxylic acids is 1. The Morgan fingerprint density at radius 3 is 2.64 bits per heavy atom. The van der Waals surface area contributed by atoms with Crippen LogP contribution >= 0.6 is 0 Å². The summed E-state index contributed by atoms with van der Waals surface area (Å²) in [6, 6.07) is 4.15. The van der Waals surface area contributed by atoms with Crippen molar-refractivity contribution in [2.75, 3.05) is 24.5 Å². The van der Waals surface area contributed by atoms with E-state index >= 15 is 0 Å². The van der Waals surface area contributed by atoms with E-state index in [2.05, 4.69) is 9.88 Å². The van der Waals surface area contributed by atoms with Crippen molar-refractivity contribution >= 4 is 11.6 Å². The molecule has 0 radical (unpaired) electrons. The number of nitrogens with zero attached hydrogens (tertiary/aromatic N) is 3. The van der Waals surface area contributed by atoms with Gasteiger partial charge in [-0.25, -0.2) is 0 Å². The third-order valence-electron chi connectivity index (χ3n) is 6.27. The standard InChI is InChI=1S/C20H29N3O2/c24-19-8-2-1-6-16(19)18-7-5-13-23(18)20(25)17-14-15(9-10-21-17)22-11-3-4-12-22/h9-10,14,16,18-19,24H,1-8,11-13H2/t16-,18-,19+/m1/s1. The number of aliphatic hydroxyl groups excluding tert-OH is 1. The topological polar surface area (TPSA) is 56.7 Å². The number of anilines is 1. The van der Waals surface area contributed by atoms with Crippen LogP contribution in [0.25, 0.3) is 0 Å². The van der Waals surface area contributed by atoms with Crippen LogP contribution in [-0.2, 0) is 0 Å². The minimum atomic E-state index is -0.254. The molecule has 1 saturated carbocycles. The van der Waals surface area contributed by atoms with E-state index in [0.29, 0.717) is 5.69 Å². The van der Waals surface area contributed by atoms with Gasteiger partial charge in [-0.1, -0.05) is 12.8 Å². The van der Waals surface area contributed by atoms with Crippen molar-refractivity contribution in [3.8, 4) is 0 Å². The van der Waals surface area contributed by atoms with Crippen LogP contribution in [0.15, 0.2) is 18.3 Å². The molecule has 0 unspecified atom stereocenters. The molecule has 136 valence electrons. The van der Waals surface area contributed by atoms with Gasteiger partial charge in [0.25, 0.3) is 5.91 Å². The summed E-state index contributed by atoms with van der Waals surface area (Å²) in [6.07, 6.45) is 10.2. The summed E-state index contributed by atoms with van der Waals surface area (Å²) in [7, 11) is 0. The van der Waals surface area contributed by atoms with E-state index in [-0.39, 0.29) is 24.0 Å². The molecule has 2 aliphatic heterocycles. The van der Waals surface area contributed by atoms with Gasteiger partial charge in [0, 0.05) is 43.5 Å². The average molecular weight is 343 g/mol. The molecule has 0 aromatic carbocycles. The van der Waals surface area contributed by atoms with Crippen LogP contribution in [0.2, 0.25) is 0 Å². The molecule has 3 aliphatic rings. The molecule has 1 aromatic rings. The predicted molar refractivity (Wildman–Crippen MR) is 97.7 cm³/mol. The lowest BCUT2D eigenvalue weighted by atomic mass is 9.80. The SMILES string of the molecule is O=C(c1cc(N2CCCC2)ccn1)N1CCC[C@@H]1[C@H]1CCCC[C@@H]1O. The van der Waals surface area contributed by atoms with Crippen LogP contribution in [0, 0.1) is 5.92 Å². The monoisotopic (exact) mass is 343 g/mol. The molecule has 1 N–H and O–H groups in total. The molecule has 1 amide bonds. The summed E-state index contributed by atoms with van der Waals surface area (Å²) in [5, 5.41) is 10.4. The van der Waals surface area contributed by atoms with Gasteiger partial charge in [0.15, 0.2) is 0 Å². The Kier molecular flexibility index (Phi) is 4.93. The number of amides is 1. The molecule has 5 heteroatoms. The second-order valence-electron chi connectivity index (χ2n) is 7.82. The van der Waals surface area contributed by atoms with Crippen molar-refractivity contribution in [2.45, 2.75) is 63.5 Å². The predicted octanol–water partition coefficient (Wildman–Crippen LogP) is 2.84. The maximum Gasteiger partial charge on any atom is 0.272 e. The normalized spacial score (nSPS) is 30.0. The second-order valence-corrected chi connectivity index (χ2v) is 7.82. The van der Waals surface area contributed by atoms with Gasteiger partial charge < -0.3 is 14.9 Å². The molecule has 2 saturated heterocycles. The summed E-state index contributed by atoms with van der Waals surface area (Å²) in [5.41, 5.74) is 1.67. The Balaban J connectivity index is 1.52. The van der Waals surface area contributed by atoms with Crippen LogP contribution < -0.4 is 4.90 Å². The minimum Gasteiger partial charge on any atom is -0.393 e. The van der Waals surface area contributed by atoms with Gasteiger partial charge in [-0.15, -0.1) is 0 Å². The number of pyridine rings is 1. The van der Waals surface area contributed by atoms with Gasteiger partial charge in [-0.05, 0) is 50.7 Å². The van der Waals surface area contributed by atoms with Crippen molar-refractivity contribution < 1.29 is 9.90 Å². The highest BCUT2D eigenvalue weighted by molar-refractivity contribution is 5.93. The quantitative estimate of drug-likeness (QED) is 0.917. The molecule has 25 heavy (non-hydrogen) atoms. The number of aliphatic hydroxyl groups is 1. The van der Waals surface area contributed by atoms with E-state index in [1.807, 2.05) is 17.0 Å². The largest absolute Gasteiger partial charge is 0.393 e. The zero-order valence-corrected chi connectivity index (χ0v) is 14.9. The van der Waals surface area contributed by atoms with Crippen LogP contribution in [0.3, 0.4) is 0 Å². The molecule has 5 nitrogen and oxygen atoms in total. The zero-order valence-electron chi connectivity index (χ0n) is 14.9. The lowest BCUT2D eigenvalue weighted by Gasteiger charge is -2.37. The number of carbonyl (C=O) groups is 1. The molecule has 1 aliphatic carbocycles. The lowest BCUT2D eigenvalue weighted by Crippen LogP contribution is -2.45. The Hall–Kier alpha value is -1.62.